The van der Waals surface area contributed by atoms with E-state index in [-0.39, 0.29) is 0 Å². The van der Waals surface area contributed by atoms with Crippen molar-refractivity contribution in [3.05, 3.63) is 46.3 Å². The van der Waals surface area contributed by atoms with Gasteiger partial charge in [-0.2, -0.15) is 0 Å². The van der Waals surface area contributed by atoms with Gasteiger partial charge in [0.25, 0.3) is 0 Å². The maximum Gasteiger partial charge on any atom is 0.0716 e. The Morgan fingerprint density at radius 1 is 1.06 bits per heavy atom. The van der Waals surface area contributed by atoms with Crippen molar-refractivity contribution >= 4 is 0 Å². The summed E-state index contributed by atoms with van der Waals surface area (Å²) in [5.41, 5.74) is 9.30. The number of rotatable bonds is 9. The number of hydrogen-bond acceptors (Lipinski definition) is 2. The minimum absolute atomic E-state index is 0.612. The van der Waals surface area contributed by atoms with Gasteiger partial charge in [0, 0.05) is 18.1 Å². The number of ether oxygens (including phenoxy) is 1. The Morgan fingerprint density at radius 3 is 2.59 bits per heavy atom. The molecule has 0 N–H and O–H groups in total. The van der Waals surface area contributed by atoms with E-state index in [1.165, 1.54) is 5.56 Å². The Balaban J connectivity index is 1.89. The van der Waals surface area contributed by atoms with Crippen LogP contribution in [0.4, 0.5) is 0 Å². The molecule has 0 atom stereocenters. The SMILES string of the molecule is [N-]=[N+]=NCCCCCCOCc1ccccc1. The van der Waals surface area contributed by atoms with E-state index in [0.717, 1.165) is 32.3 Å². The first-order chi connectivity index (χ1) is 8.43. The van der Waals surface area contributed by atoms with Crippen LogP contribution in [0, 0.1) is 0 Å². The van der Waals surface area contributed by atoms with Crippen LogP contribution < -0.4 is 0 Å². The van der Waals surface area contributed by atoms with Crippen LogP contribution in [0.1, 0.15) is 31.2 Å². The summed E-state index contributed by atoms with van der Waals surface area (Å²) in [6, 6.07) is 10.2. The molecule has 4 heteroatoms. The lowest BCUT2D eigenvalue weighted by molar-refractivity contribution is 0.117. The molecular formula is C13H19N3O. The van der Waals surface area contributed by atoms with Gasteiger partial charge in [-0.25, -0.2) is 0 Å². The highest BCUT2D eigenvalue weighted by Crippen LogP contribution is 2.04. The molecule has 0 radical (unpaired) electrons. The number of hydrogen-bond donors (Lipinski definition) is 0. The van der Waals surface area contributed by atoms with Crippen molar-refractivity contribution in [2.24, 2.45) is 5.11 Å². The molecule has 0 fully saturated rings. The molecule has 17 heavy (non-hydrogen) atoms. The molecule has 0 amide bonds. The predicted molar refractivity (Wildman–Crippen MR) is 68.6 cm³/mol. The third-order valence-electron chi connectivity index (χ3n) is 2.47. The average molecular weight is 233 g/mol. The molecule has 0 aromatic heterocycles. The first kappa shape index (κ1) is 13.6. The van der Waals surface area contributed by atoms with Crippen LogP contribution in [0.2, 0.25) is 0 Å². The Labute approximate surface area is 102 Å². The summed E-state index contributed by atoms with van der Waals surface area (Å²) in [4.78, 5) is 2.72. The zero-order valence-electron chi connectivity index (χ0n) is 10.1. The van der Waals surface area contributed by atoms with Crippen LogP contribution in [0.5, 0.6) is 0 Å². The molecule has 0 heterocycles. The second-order valence-electron chi connectivity index (χ2n) is 3.91. The number of azide groups is 1. The monoisotopic (exact) mass is 233 g/mol. The molecule has 1 aromatic rings. The molecule has 0 saturated carbocycles. The van der Waals surface area contributed by atoms with Crippen molar-refractivity contribution in [1.29, 1.82) is 0 Å². The van der Waals surface area contributed by atoms with E-state index < -0.39 is 0 Å². The van der Waals surface area contributed by atoms with Gasteiger partial charge in [0.15, 0.2) is 0 Å². The first-order valence-electron chi connectivity index (χ1n) is 6.06. The molecular weight excluding hydrogens is 214 g/mol. The lowest BCUT2D eigenvalue weighted by atomic mass is 10.2. The van der Waals surface area contributed by atoms with Gasteiger partial charge in [-0.15, -0.1) is 0 Å². The molecule has 1 aromatic carbocycles. The third-order valence-corrected chi connectivity index (χ3v) is 2.47. The highest BCUT2D eigenvalue weighted by atomic mass is 16.5. The molecule has 0 aliphatic heterocycles. The molecule has 0 aliphatic rings. The van der Waals surface area contributed by atoms with Gasteiger partial charge in [-0.3, -0.25) is 0 Å². The molecule has 0 spiro atoms. The van der Waals surface area contributed by atoms with E-state index in [4.69, 9.17) is 10.3 Å². The Kier molecular flexibility index (Phi) is 7.73. The summed E-state index contributed by atoms with van der Waals surface area (Å²) in [5, 5.41) is 3.49. The first-order valence-corrected chi connectivity index (χ1v) is 6.06. The minimum Gasteiger partial charge on any atom is -0.377 e. The second kappa shape index (κ2) is 9.70. The van der Waals surface area contributed by atoms with E-state index in [1.54, 1.807) is 0 Å². The van der Waals surface area contributed by atoms with Gasteiger partial charge < -0.3 is 4.74 Å². The van der Waals surface area contributed by atoms with Crippen LogP contribution in [-0.4, -0.2) is 13.2 Å². The highest BCUT2D eigenvalue weighted by Gasteiger charge is 1.92. The van der Waals surface area contributed by atoms with Gasteiger partial charge in [0.1, 0.15) is 0 Å². The van der Waals surface area contributed by atoms with Crippen LogP contribution in [0.25, 0.3) is 10.4 Å². The minimum atomic E-state index is 0.612. The molecule has 0 unspecified atom stereocenters. The van der Waals surface area contributed by atoms with Gasteiger partial charge in [0.05, 0.1) is 6.61 Å². The van der Waals surface area contributed by atoms with Crippen LogP contribution in [-0.2, 0) is 11.3 Å². The Bertz CT molecular complexity index is 334. The summed E-state index contributed by atoms with van der Waals surface area (Å²) in [6.45, 7) is 2.11. The van der Waals surface area contributed by atoms with Crippen LogP contribution in [0.3, 0.4) is 0 Å². The quantitative estimate of drug-likeness (QED) is 0.274. The maximum absolute atomic E-state index is 8.09. The van der Waals surface area contributed by atoms with E-state index in [2.05, 4.69) is 22.2 Å². The molecule has 0 aliphatic carbocycles. The van der Waals surface area contributed by atoms with E-state index in [0.29, 0.717) is 13.2 Å². The van der Waals surface area contributed by atoms with Gasteiger partial charge >= 0.3 is 0 Å². The number of unbranched alkanes of at least 4 members (excludes halogenated alkanes) is 3. The van der Waals surface area contributed by atoms with Crippen LogP contribution >= 0.6 is 0 Å². The Morgan fingerprint density at radius 2 is 1.82 bits per heavy atom. The molecule has 1 rings (SSSR count). The average Bonchev–Trinajstić information content (AvgIpc) is 2.38. The molecule has 92 valence electrons. The van der Waals surface area contributed by atoms with Crippen LogP contribution in [0.15, 0.2) is 35.4 Å². The number of nitrogens with zero attached hydrogens (tertiary/aromatic N) is 3. The summed E-state index contributed by atoms with van der Waals surface area (Å²) in [5.74, 6) is 0. The summed E-state index contributed by atoms with van der Waals surface area (Å²) in [7, 11) is 0. The lowest BCUT2D eigenvalue weighted by Gasteiger charge is -2.03. The van der Waals surface area contributed by atoms with E-state index >= 15 is 0 Å². The molecule has 0 bridgehead atoms. The van der Waals surface area contributed by atoms with E-state index in [9.17, 15) is 0 Å². The molecule has 0 saturated heterocycles. The maximum atomic E-state index is 8.09. The van der Waals surface area contributed by atoms with Gasteiger partial charge in [0.2, 0.25) is 0 Å². The highest BCUT2D eigenvalue weighted by molar-refractivity contribution is 5.13. The van der Waals surface area contributed by atoms with Crippen molar-refractivity contribution in [2.45, 2.75) is 32.3 Å². The van der Waals surface area contributed by atoms with Crippen molar-refractivity contribution in [1.82, 2.24) is 0 Å². The van der Waals surface area contributed by atoms with Crippen molar-refractivity contribution < 1.29 is 4.74 Å². The normalized spacial score (nSPS) is 9.88. The zero-order chi connectivity index (χ0) is 12.2. The topological polar surface area (TPSA) is 58.0 Å². The Hall–Kier alpha value is -1.51. The second-order valence-corrected chi connectivity index (χ2v) is 3.91. The zero-order valence-corrected chi connectivity index (χ0v) is 10.1. The van der Waals surface area contributed by atoms with Crippen molar-refractivity contribution in [3.8, 4) is 0 Å². The van der Waals surface area contributed by atoms with Gasteiger partial charge in [-0.1, -0.05) is 48.3 Å². The van der Waals surface area contributed by atoms with Gasteiger partial charge in [-0.05, 0) is 23.9 Å². The predicted octanol–water partition coefficient (Wildman–Crippen LogP) is 4.07. The number of benzene rings is 1. The summed E-state index contributed by atoms with van der Waals surface area (Å²) >= 11 is 0. The summed E-state index contributed by atoms with van der Waals surface area (Å²) < 4.78 is 5.57. The fourth-order valence-corrected chi connectivity index (χ4v) is 1.55. The van der Waals surface area contributed by atoms with E-state index in [1.807, 2.05) is 18.2 Å². The summed E-state index contributed by atoms with van der Waals surface area (Å²) in [6.07, 6.45) is 4.29. The smallest absolute Gasteiger partial charge is 0.0716 e. The standard InChI is InChI=1S/C13H19N3O/c14-16-15-10-6-1-2-7-11-17-12-13-8-4-3-5-9-13/h3-5,8-9H,1-2,6-7,10-12H2. The van der Waals surface area contributed by atoms with Crippen molar-refractivity contribution in [3.63, 3.8) is 0 Å². The molecule has 4 nitrogen and oxygen atoms in total. The van der Waals surface area contributed by atoms with Crippen molar-refractivity contribution in [2.75, 3.05) is 13.2 Å². The lowest BCUT2D eigenvalue weighted by Crippen LogP contribution is -1.95. The third kappa shape index (κ3) is 7.39. The largest absolute Gasteiger partial charge is 0.377 e. The fraction of sp³-hybridized carbons (Fsp3) is 0.538. The fourth-order valence-electron chi connectivity index (χ4n) is 1.55.